The Kier molecular flexibility index (Phi) is 4.22. The molecule has 10 heteroatoms. The molecular weight excluding hydrogens is 404 g/mol. The van der Waals surface area contributed by atoms with E-state index in [-0.39, 0.29) is 0 Å². The normalized spacial score (nSPS) is 15.3. The molecular formula is C22H24N10. The Morgan fingerprint density at radius 1 is 1.00 bits per heavy atom. The average molecular weight is 429 g/mol. The van der Waals surface area contributed by atoms with Crippen LogP contribution in [0.1, 0.15) is 5.82 Å². The molecule has 1 aliphatic rings. The molecule has 32 heavy (non-hydrogen) atoms. The highest BCUT2D eigenvalue weighted by atomic mass is 15.3. The number of H-pyrrole nitrogens is 2. The molecule has 162 valence electrons. The number of aromatic amines is 2. The number of hydrogen-bond donors (Lipinski definition) is 2. The molecule has 5 aromatic rings. The van der Waals surface area contributed by atoms with Crippen LogP contribution in [0.15, 0.2) is 30.7 Å². The van der Waals surface area contributed by atoms with Crippen LogP contribution in [0.4, 0.5) is 5.82 Å². The third-order valence-electron chi connectivity index (χ3n) is 6.35. The van der Waals surface area contributed by atoms with Gasteiger partial charge >= 0.3 is 0 Å². The van der Waals surface area contributed by atoms with Crippen molar-refractivity contribution in [1.82, 2.24) is 44.6 Å². The van der Waals surface area contributed by atoms with Crippen molar-refractivity contribution in [3.8, 4) is 22.8 Å². The van der Waals surface area contributed by atoms with E-state index in [1.807, 2.05) is 38.6 Å². The lowest BCUT2D eigenvalue weighted by Crippen LogP contribution is -2.44. The van der Waals surface area contributed by atoms with Crippen molar-refractivity contribution in [2.45, 2.75) is 6.92 Å². The summed E-state index contributed by atoms with van der Waals surface area (Å²) >= 11 is 0. The summed E-state index contributed by atoms with van der Waals surface area (Å²) in [6.07, 6.45) is 5.54. The second-order valence-electron chi connectivity index (χ2n) is 8.35. The van der Waals surface area contributed by atoms with Gasteiger partial charge in [0, 0.05) is 51.2 Å². The molecule has 2 N–H and O–H groups in total. The topological polar surface area (TPSA) is 107 Å². The third kappa shape index (κ3) is 2.94. The summed E-state index contributed by atoms with van der Waals surface area (Å²) < 4.78 is 2.05. The summed E-state index contributed by atoms with van der Waals surface area (Å²) in [6, 6.07) is 4.05. The van der Waals surface area contributed by atoms with Crippen LogP contribution in [0.5, 0.6) is 0 Å². The van der Waals surface area contributed by atoms with Crippen molar-refractivity contribution >= 4 is 27.9 Å². The zero-order valence-corrected chi connectivity index (χ0v) is 18.3. The predicted molar refractivity (Wildman–Crippen MR) is 123 cm³/mol. The van der Waals surface area contributed by atoms with E-state index in [2.05, 4.69) is 57.6 Å². The highest BCUT2D eigenvalue weighted by Crippen LogP contribution is 2.31. The number of anilines is 1. The maximum atomic E-state index is 4.93. The van der Waals surface area contributed by atoms with Crippen molar-refractivity contribution in [2.75, 3.05) is 38.1 Å². The van der Waals surface area contributed by atoms with Crippen molar-refractivity contribution in [1.29, 1.82) is 0 Å². The van der Waals surface area contributed by atoms with E-state index in [1.54, 1.807) is 0 Å². The standard InChI is InChI=1S/C22H24N10/c1-13-24-12-17(31(13)3)14-10-15-18(28-29-20(15)25-11-14)21-26-16-4-5-23-22(19(16)27-21)32-8-6-30(2)7-9-32/h4-5,10-12H,6-9H2,1-3H3,(H,26,27)(H,25,28,29). The molecule has 0 bridgehead atoms. The summed E-state index contributed by atoms with van der Waals surface area (Å²) in [7, 11) is 4.15. The number of likely N-dealkylation sites (N-methyl/N-ethyl adjacent to an activating group) is 1. The minimum Gasteiger partial charge on any atom is -0.352 e. The first-order valence-electron chi connectivity index (χ1n) is 10.7. The smallest absolute Gasteiger partial charge is 0.181 e. The van der Waals surface area contributed by atoms with Crippen LogP contribution in [0.25, 0.3) is 44.8 Å². The van der Waals surface area contributed by atoms with Crippen LogP contribution in [0.2, 0.25) is 0 Å². The first-order chi connectivity index (χ1) is 15.6. The van der Waals surface area contributed by atoms with Crippen LogP contribution in [-0.2, 0) is 7.05 Å². The first kappa shape index (κ1) is 18.9. The Morgan fingerprint density at radius 2 is 1.84 bits per heavy atom. The fraction of sp³-hybridized carbons (Fsp3) is 0.318. The van der Waals surface area contributed by atoms with E-state index in [4.69, 9.17) is 4.98 Å². The summed E-state index contributed by atoms with van der Waals surface area (Å²) in [5.41, 5.74) is 5.29. The predicted octanol–water partition coefficient (Wildman–Crippen LogP) is 2.36. The number of rotatable bonds is 3. The molecule has 0 aliphatic carbocycles. The Hall–Kier alpha value is -3.79. The number of piperazine rings is 1. The molecule has 0 aromatic carbocycles. The van der Waals surface area contributed by atoms with Crippen molar-refractivity contribution < 1.29 is 0 Å². The molecule has 5 aromatic heterocycles. The molecule has 0 saturated carbocycles. The number of hydrogen-bond acceptors (Lipinski definition) is 7. The SMILES string of the molecule is Cc1ncc(-c2cnc3n[nH]c(-c4nc5c(N6CCN(C)CC6)nccc5[nH]4)c3c2)n1C. The third-order valence-corrected chi connectivity index (χ3v) is 6.35. The maximum absolute atomic E-state index is 4.93. The minimum absolute atomic E-state index is 0.653. The molecule has 6 rings (SSSR count). The van der Waals surface area contributed by atoms with Gasteiger partial charge in [-0.05, 0) is 26.1 Å². The number of aryl methyl sites for hydroxylation is 1. The molecule has 0 atom stereocenters. The Bertz CT molecular complexity index is 1430. The molecule has 6 heterocycles. The number of aromatic nitrogens is 8. The van der Waals surface area contributed by atoms with E-state index in [9.17, 15) is 0 Å². The monoisotopic (exact) mass is 428 g/mol. The van der Waals surface area contributed by atoms with Crippen LogP contribution in [0.3, 0.4) is 0 Å². The van der Waals surface area contributed by atoms with Crippen molar-refractivity contribution in [3.05, 3.63) is 36.5 Å². The van der Waals surface area contributed by atoms with Crippen LogP contribution >= 0.6 is 0 Å². The summed E-state index contributed by atoms with van der Waals surface area (Å²) in [6.45, 7) is 5.90. The lowest BCUT2D eigenvalue weighted by molar-refractivity contribution is 0.312. The second kappa shape index (κ2) is 7.13. The average Bonchev–Trinajstić information content (AvgIpc) is 3.50. The molecule has 10 nitrogen and oxygen atoms in total. The van der Waals surface area contributed by atoms with E-state index in [0.717, 1.165) is 77.0 Å². The fourth-order valence-corrected chi connectivity index (χ4v) is 4.28. The zero-order chi connectivity index (χ0) is 21.8. The van der Waals surface area contributed by atoms with Gasteiger partial charge in [0.05, 0.1) is 22.8 Å². The number of imidazole rings is 2. The zero-order valence-electron chi connectivity index (χ0n) is 18.3. The van der Waals surface area contributed by atoms with Gasteiger partial charge in [-0.2, -0.15) is 5.10 Å². The van der Waals surface area contributed by atoms with Gasteiger partial charge in [0.25, 0.3) is 0 Å². The van der Waals surface area contributed by atoms with Gasteiger partial charge in [0.15, 0.2) is 17.3 Å². The number of nitrogens with one attached hydrogen (secondary N) is 2. The number of nitrogens with zero attached hydrogens (tertiary/aromatic N) is 8. The Morgan fingerprint density at radius 3 is 2.62 bits per heavy atom. The van der Waals surface area contributed by atoms with Gasteiger partial charge in [0.1, 0.15) is 17.0 Å². The van der Waals surface area contributed by atoms with Gasteiger partial charge < -0.3 is 19.4 Å². The number of pyridine rings is 2. The van der Waals surface area contributed by atoms with E-state index in [1.165, 1.54) is 0 Å². The molecule has 0 spiro atoms. The van der Waals surface area contributed by atoms with Gasteiger partial charge in [-0.25, -0.2) is 19.9 Å². The summed E-state index contributed by atoms with van der Waals surface area (Å²) in [4.78, 5) is 26.6. The second-order valence-corrected chi connectivity index (χ2v) is 8.35. The van der Waals surface area contributed by atoms with Crippen LogP contribution in [-0.4, -0.2) is 77.8 Å². The molecule has 1 aliphatic heterocycles. The van der Waals surface area contributed by atoms with E-state index in [0.29, 0.717) is 5.65 Å². The molecule has 0 amide bonds. The quantitative estimate of drug-likeness (QED) is 0.454. The van der Waals surface area contributed by atoms with E-state index < -0.39 is 0 Å². The molecule has 1 saturated heterocycles. The maximum Gasteiger partial charge on any atom is 0.181 e. The largest absolute Gasteiger partial charge is 0.352 e. The van der Waals surface area contributed by atoms with Crippen molar-refractivity contribution in [3.63, 3.8) is 0 Å². The highest BCUT2D eigenvalue weighted by Gasteiger charge is 2.21. The summed E-state index contributed by atoms with van der Waals surface area (Å²) in [5.74, 6) is 2.60. The fourth-order valence-electron chi connectivity index (χ4n) is 4.28. The summed E-state index contributed by atoms with van der Waals surface area (Å²) in [5, 5.41) is 8.43. The van der Waals surface area contributed by atoms with Crippen molar-refractivity contribution in [2.24, 2.45) is 7.05 Å². The molecule has 1 fully saturated rings. The van der Waals surface area contributed by atoms with Gasteiger partial charge in [-0.15, -0.1) is 0 Å². The van der Waals surface area contributed by atoms with Gasteiger partial charge in [-0.3, -0.25) is 5.10 Å². The Labute approximate surface area is 184 Å². The van der Waals surface area contributed by atoms with Crippen LogP contribution in [0, 0.1) is 6.92 Å². The van der Waals surface area contributed by atoms with Crippen LogP contribution < -0.4 is 4.90 Å². The highest BCUT2D eigenvalue weighted by molar-refractivity contribution is 5.95. The lowest BCUT2D eigenvalue weighted by atomic mass is 10.1. The first-order valence-corrected chi connectivity index (χ1v) is 10.7. The minimum atomic E-state index is 0.653. The number of fused-ring (bicyclic) bond motifs is 2. The Balaban J connectivity index is 1.45. The van der Waals surface area contributed by atoms with Gasteiger partial charge in [0.2, 0.25) is 0 Å². The van der Waals surface area contributed by atoms with Gasteiger partial charge in [-0.1, -0.05) is 0 Å². The molecule has 0 radical (unpaired) electrons. The van der Waals surface area contributed by atoms with E-state index >= 15 is 0 Å². The lowest BCUT2D eigenvalue weighted by Gasteiger charge is -2.33. The molecule has 0 unspecified atom stereocenters.